The van der Waals surface area contributed by atoms with Gasteiger partial charge in [-0.25, -0.2) is 4.98 Å². The standard InChI is InChI=1S/C28H30N2O5S/c1-17-20-15-19(9-10-21(20)29-23(17)16-27(31)32)34-12-5-13-35-24-11-8-18(14-25(24)33-2)28-30-22-6-3-4-7-26(22)36-28/h8-11,14-15,29H,3-7,12-13,16H2,1-2H3,(H,31,32). The summed E-state index contributed by atoms with van der Waals surface area (Å²) < 4.78 is 17.5. The number of nitrogens with zero attached hydrogens (tertiary/aromatic N) is 1. The van der Waals surface area contributed by atoms with E-state index in [1.807, 2.05) is 43.3 Å². The van der Waals surface area contributed by atoms with Gasteiger partial charge >= 0.3 is 5.97 Å². The highest BCUT2D eigenvalue weighted by Crippen LogP contribution is 2.37. The van der Waals surface area contributed by atoms with Crippen molar-refractivity contribution in [2.75, 3.05) is 20.3 Å². The Balaban J connectivity index is 1.16. The van der Waals surface area contributed by atoms with Crippen LogP contribution in [0, 0.1) is 6.92 Å². The predicted molar refractivity (Wildman–Crippen MR) is 141 cm³/mol. The van der Waals surface area contributed by atoms with Gasteiger partial charge in [-0.1, -0.05) is 0 Å². The van der Waals surface area contributed by atoms with Crippen molar-refractivity contribution in [3.05, 3.63) is 58.2 Å². The number of ether oxygens (including phenoxy) is 3. The monoisotopic (exact) mass is 506 g/mol. The molecule has 2 heterocycles. The van der Waals surface area contributed by atoms with Crippen LogP contribution in [0.1, 0.15) is 41.1 Å². The van der Waals surface area contributed by atoms with E-state index in [4.69, 9.17) is 24.3 Å². The normalized spacial score (nSPS) is 12.9. The lowest BCUT2D eigenvalue weighted by atomic mass is 10.0. The lowest BCUT2D eigenvalue weighted by molar-refractivity contribution is -0.136. The molecule has 36 heavy (non-hydrogen) atoms. The number of hydrogen-bond donors (Lipinski definition) is 2. The van der Waals surface area contributed by atoms with Crippen LogP contribution in [0.2, 0.25) is 0 Å². The first-order chi connectivity index (χ1) is 17.5. The molecule has 1 aliphatic rings. The van der Waals surface area contributed by atoms with Crippen molar-refractivity contribution in [1.82, 2.24) is 9.97 Å². The summed E-state index contributed by atoms with van der Waals surface area (Å²) in [6.45, 7) is 2.92. The highest BCUT2D eigenvalue weighted by Gasteiger charge is 2.17. The zero-order valence-corrected chi connectivity index (χ0v) is 21.4. The smallest absolute Gasteiger partial charge is 0.309 e. The van der Waals surface area contributed by atoms with E-state index >= 15 is 0 Å². The van der Waals surface area contributed by atoms with Gasteiger partial charge in [0.25, 0.3) is 0 Å². The third-order valence-electron chi connectivity index (χ3n) is 6.53. The summed E-state index contributed by atoms with van der Waals surface area (Å²) in [6, 6.07) is 11.8. The fourth-order valence-corrected chi connectivity index (χ4v) is 5.75. The first-order valence-electron chi connectivity index (χ1n) is 12.3. The van der Waals surface area contributed by atoms with E-state index in [1.54, 1.807) is 18.4 Å². The van der Waals surface area contributed by atoms with Gasteiger partial charge in [-0.15, -0.1) is 11.3 Å². The van der Waals surface area contributed by atoms with Crippen LogP contribution >= 0.6 is 11.3 Å². The fraction of sp³-hybridized carbons (Fsp3) is 0.357. The number of H-pyrrole nitrogens is 1. The van der Waals surface area contributed by atoms with Gasteiger partial charge < -0.3 is 24.3 Å². The number of aromatic amines is 1. The molecule has 0 spiro atoms. The number of benzene rings is 2. The molecule has 2 aromatic carbocycles. The van der Waals surface area contributed by atoms with Crippen molar-refractivity contribution in [3.8, 4) is 27.8 Å². The number of carboxylic acid groups (broad SMARTS) is 1. The molecule has 8 heteroatoms. The Kier molecular flexibility index (Phi) is 7.13. The molecule has 2 aromatic heterocycles. The maximum absolute atomic E-state index is 11.1. The minimum absolute atomic E-state index is 0.0234. The number of aliphatic carboxylic acids is 1. The summed E-state index contributed by atoms with van der Waals surface area (Å²) in [4.78, 5) is 20.5. The summed E-state index contributed by atoms with van der Waals surface area (Å²) in [5.74, 6) is 1.30. The van der Waals surface area contributed by atoms with Crippen molar-refractivity contribution in [1.29, 1.82) is 0 Å². The number of aromatic nitrogens is 2. The molecule has 0 unspecified atom stereocenters. The van der Waals surface area contributed by atoms with Crippen LogP contribution in [0.3, 0.4) is 0 Å². The van der Waals surface area contributed by atoms with Crippen LogP contribution in [-0.4, -0.2) is 41.4 Å². The van der Waals surface area contributed by atoms with Gasteiger partial charge in [0, 0.05) is 33.5 Å². The highest BCUT2D eigenvalue weighted by atomic mass is 32.1. The molecule has 0 radical (unpaired) electrons. The molecule has 0 fully saturated rings. The summed E-state index contributed by atoms with van der Waals surface area (Å²) in [7, 11) is 1.66. The molecule has 0 saturated carbocycles. The molecular formula is C28H30N2O5S. The first kappa shape index (κ1) is 24.2. The van der Waals surface area contributed by atoms with Gasteiger partial charge in [-0.05, 0) is 74.6 Å². The topological polar surface area (TPSA) is 93.7 Å². The number of hydrogen-bond acceptors (Lipinski definition) is 6. The fourth-order valence-electron chi connectivity index (χ4n) is 4.61. The van der Waals surface area contributed by atoms with Crippen LogP contribution in [0.15, 0.2) is 36.4 Å². The van der Waals surface area contributed by atoms with E-state index in [-0.39, 0.29) is 6.42 Å². The second kappa shape index (κ2) is 10.6. The summed E-state index contributed by atoms with van der Waals surface area (Å²) in [5.41, 5.74) is 4.89. The zero-order valence-electron chi connectivity index (χ0n) is 20.6. The van der Waals surface area contributed by atoms with E-state index in [2.05, 4.69) is 4.98 Å². The number of thiazole rings is 1. The highest BCUT2D eigenvalue weighted by molar-refractivity contribution is 7.15. The van der Waals surface area contributed by atoms with Gasteiger partial charge in [0.15, 0.2) is 11.5 Å². The molecule has 0 amide bonds. The summed E-state index contributed by atoms with van der Waals surface area (Å²) in [5, 5.41) is 11.1. The summed E-state index contributed by atoms with van der Waals surface area (Å²) in [6.07, 6.45) is 5.38. The molecule has 0 aliphatic heterocycles. The van der Waals surface area contributed by atoms with Gasteiger partial charge in [-0.3, -0.25) is 4.79 Å². The minimum Gasteiger partial charge on any atom is -0.493 e. The Morgan fingerprint density at radius 2 is 1.92 bits per heavy atom. The Morgan fingerprint density at radius 1 is 1.08 bits per heavy atom. The molecule has 0 saturated heterocycles. The maximum atomic E-state index is 11.1. The largest absolute Gasteiger partial charge is 0.493 e. The molecule has 4 aromatic rings. The average molecular weight is 507 g/mol. The van der Waals surface area contributed by atoms with Crippen molar-refractivity contribution in [2.24, 2.45) is 0 Å². The Labute approximate surface area is 214 Å². The van der Waals surface area contributed by atoms with E-state index in [0.717, 1.165) is 51.3 Å². The summed E-state index contributed by atoms with van der Waals surface area (Å²) >= 11 is 1.79. The van der Waals surface area contributed by atoms with Gasteiger partial charge in [0.1, 0.15) is 10.8 Å². The number of methoxy groups -OCH3 is 1. The second-order valence-electron chi connectivity index (χ2n) is 9.02. The van der Waals surface area contributed by atoms with Gasteiger partial charge in [-0.2, -0.15) is 0 Å². The van der Waals surface area contributed by atoms with Crippen molar-refractivity contribution in [2.45, 2.75) is 45.4 Å². The van der Waals surface area contributed by atoms with Gasteiger partial charge in [0.05, 0.1) is 32.4 Å². The molecule has 1 aliphatic carbocycles. The van der Waals surface area contributed by atoms with E-state index in [9.17, 15) is 4.79 Å². The van der Waals surface area contributed by atoms with Crippen molar-refractivity contribution >= 4 is 28.2 Å². The third kappa shape index (κ3) is 5.18. The number of fused-ring (bicyclic) bond motifs is 2. The Morgan fingerprint density at radius 3 is 2.72 bits per heavy atom. The van der Waals surface area contributed by atoms with Gasteiger partial charge in [0.2, 0.25) is 0 Å². The van der Waals surface area contributed by atoms with E-state index in [0.29, 0.717) is 31.1 Å². The third-order valence-corrected chi connectivity index (χ3v) is 7.74. The van der Waals surface area contributed by atoms with Crippen molar-refractivity contribution in [3.63, 3.8) is 0 Å². The van der Waals surface area contributed by atoms with E-state index in [1.165, 1.54) is 23.4 Å². The Hall–Kier alpha value is -3.52. The quantitative estimate of drug-likeness (QED) is 0.258. The van der Waals surface area contributed by atoms with Crippen LogP contribution < -0.4 is 14.2 Å². The molecule has 2 N–H and O–H groups in total. The minimum atomic E-state index is -0.853. The van der Waals surface area contributed by atoms with E-state index < -0.39 is 5.97 Å². The molecule has 188 valence electrons. The second-order valence-corrected chi connectivity index (χ2v) is 10.1. The maximum Gasteiger partial charge on any atom is 0.309 e. The SMILES string of the molecule is COc1cc(-c2nc3c(s2)CCCC3)ccc1OCCCOc1ccc2[nH]c(CC(=O)O)c(C)c2c1. The molecule has 5 rings (SSSR count). The molecule has 0 atom stereocenters. The number of nitrogens with one attached hydrogen (secondary N) is 1. The van der Waals surface area contributed by atoms with Crippen LogP contribution in [0.5, 0.6) is 17.2 Å². The van der Waals surface area contributed by atoms with Crippen LogP contribution in [0.25, 0.3) is 21.5 Å². The lowest BCUT2D eigenvalue weighted by Crippen LogP contribution is -2.05. The number of carbonyl (C=O) groups is 1. The first-order valence-corrected chi connectivity index (χ1v) is 13.1. The number of rotatable bonds is 10. The molecular weight excluding hydrogens is 476 g/mol. The molecule has 0 bridgehead atoms. The Bertz CT molecular complexity index is 1370. The number of aryl methyl sites for hydroxylation is 3. The lowest BCUT2D eigenvalue weighted by Gasteiger charge is -2.12. The van der Waals surface area contributed by atoms with Crippen LogP contribution in [0.4, 0.5) is 0 Å². The average Bonchev–Trinajstić information content (AvgIpc) is 3.45. The van der Waals surface area contributed by atoms with Crippen molar-refractivity contribution < 1.29 is 24.1 Å². The molecule has 7 nitrogen and oxygen atoms in total. The van der Waals surface area contributed by atoms with Crippen LogP contribution in [-0.2, 0) is 24.1 Å². The number of carboxylic acids is 1. The zero-order chi connectivity index (χ0) is 25.1. The predicted octanol–water partition coefficient (Wildman–Crippen LogP) is 5.96.